The molecule has 5 nitrogen and oxygen atoms in total. The number of amides is 2. The second kappa shape index (κ2) is 7.80. The van der Waals surface area contributed by atoms with Crippen molar-refractivity contribution in [2.24, 2.45) is 11.8 Å². The van der Waals surface area contributed by atoms with Crippen LogP contribution in [0.5, 0.6) is 0 Å². The molecule has 0 spiro atoms. The van der Waals surface area contributed by atoms with Gasteiger partial charge in [-0.1, -0.05) is 19.1 Å². The summed E-state index contributed by atoms with van der Waals surface area (Å²) < 4.78 is 0. The Morgan fingerprint density at radius 2 is 2.29 bits per heavy atom. The predicted octanol–water partition coefficient (Wildman–Crippen LogP) is 1.34. The molecule has 2 rings (SSSR count). The van der Waals surface area contributed by atoms with Gasteiger partial charge in [-0.2, -0.15) is 0 Å². The van der Waals surface area contributed by atoms with Crippen LogP contribution in [0.2, 0.25) is 0 Å². The van der Waals surface area contributed by atoms with E-state index in [0.29, 0.717) is 12.6 Å². The van der Waals surface area contributed by atoms with Crippen LogP contribution in [0, 0.1) is 11.8 Å². The summed E-state index contributed by atoms with van der Waals surface area (Å²) in [5.41, 5.74) is 0. The van der Waals surface area contributed by atoms with Crippen LogP contribution in [0.1, 0.15) is 33.1 Å². The predicted molar refractivity (Wildman–Crippen MR) is 84.1 cm³/mol. The van der Waals surface area contributed by atoms with Crippen LogP contribution < -0.4 is 10.6 Å². The van der Waals surface area contributed by atoms with E-state index < -0.39 is 0 Å². The van der Waals surface area contributed by atoms with E-state index in [1.165, 1.54) is 12.8 Å². The molecular weight excluding hydrogens is 266 g/mol. The summed E-state index contributed by atoms with van der Waals surface area (Å²) in [4.78, 5) is 14.4. The number of urea groups is 1. The van der Waals surface area contributed by atoms with Crippen LogP contribution in [0.3, 0.4) is 0 Å². The summed E-state index contributed by atoms with van der Waals surface area (Å²) in [5.74, 6) is 0.943. The molecule has 3 N–H and O–H groups in total. The number of nitrogens with one attached hydrogen (secondary N) is 2. The normalized spacial score (nSPS) is 31.1. The molecule has 4 atom stereocenters. The molecule has 1 fully saturated rings. The fraction of sp³-hybridized carbons (Fsp3) is 0.812. The van der Waals surface area contributed by atoms with Gasteiger partial charge in [-0.15, -0.1) is 0 Å². The van der Waals surface area contributed by atoms with Gasteiger partial charge >= 0.3 is 6.03 Å². The summed E-state index contributed by atoms with van der Waals surface area (Å²) in [6.07, 6.45) is 7.31. The van der Waals surface area contributed by atoms with E-state index in [4.69, 9.17) is 5.11 Å². The van der Waals surface area contributed by atoms with Crippen LogP contribution in [-0.4, -0.2) is 54.4 Å². The highest BCUT2D eigenvalue weighted by Crippen LogP contribution is 2.18. The molecule has 1 saturated heterocycles. The van der Waals surface area contributed by atoms with Gasteiger partial charge in [0.25, 0.3) is 0 Å². The molecule has 0 radical (unpaired) electrons. The van der Waals surface area contributed by atoms with Gasteiger partial charge in [-0.3, -0.25) is 4.90 Å². The smallest absolute Gasteiger partial charge is 0.315 e. The molecule has 2 unspecified atom stereocenters. The van der Waals surface area contributed by atoms with Crippen molar-refractivity contribution in [3.63, 3.8) is 0 Å². The lowest BCUT2D eigenvalue weighted by Gasteiger charge is -2.35. The van der Waals surface area contributed by atoms with Crippen LogP contribution in [0.15, 0.2) is 12.2 Å². The number of rotatable bonds is 5. The third kappa shape index (κ3) is 5.00. The number of hydrogen-bond acceptors (Lipinski definition) is 3. The Balaban J connectivity index is 1.65. The van der Waals surface area contributed by atoms with Gasteiger partial charge in [0.2, 0.25) is 0 Å². The van der Waals surface area contributed by atoms with Crippen molar-refractivity contribution >= 4 is 6.03 Å². The van der Waals surface area contributed by atoms with Gasteiger partial charge in [-0.25, -0.2) is 4.79 Å². The molecule has 0 aromatic carbocycles. The van der Waals surface area contributed by atoms with E-state index in [-0.39, 0.29) is 24.6 Å². The molecule has 21 heavy (non-hydrogen) atoms. The lowest BCUT2D eigenvalue weighted by atomic mass is 9.99. The first-order valence-electron chi connectivity index (χ1n) is 8.16. The van der Waals surface area contributed by atoms with E-state index >= 15 is 0 Å². The highest BCUT2D eigenvalue weighted by atomic mass is 16.3. The molecule has 0 aromatic heterocycles. The number of carbonyl (C=O) groups excluding carboxylic acids is 1. The first-order valence-corrected chi connectivity index (χ1v) is 8.16. The molecule has 5 heteroatoms. The third-order valence-electron chi connectivity index (χ3n) is 4.59. The zero-order chi connectivity index (χ0) is 15.2. The van der Waals surface area contributed by atoms with Gasteiger partial charge in [0, 0.05) is 37.7 Å². The minimum atomic E-state index is -0.111. The number of carbonyl (C=O) groups is 1. The number of piperidine rings is 1. The Kier molecular flexibility index (Phi) is 6.06. The highest BCUT2D eigenvalue weighted by molar-refractivity contribution is 5.74. The van der Waals surface area contributed by atoms with Crippen molar-refractivity contribution in [3.05, 3.63) is 12.2 Å². The monoisotopic (exact) mass is 295 g/mol. The number of aliphatic hydroxyl groups is 1. The van der Waals surface area contributed by atoms with Crippen molar-refractivity contribution in [1.29, 1.82) is 0 Å². The van der Waals surface area contributed by atoms with Crippen LogP contribution in [0.25, 0.3) is 0 Å². The Hall–Kier alpha value is -1.07. The van der Waals surface area contributed by atoms with Gasteiger partial charge in [0.1, 0.15) is 0 Å². The molecule has 1 heterocycles. The average Bonchev–Trinajstić information content (AvgIpc) is 2.92. The largest absolute Gasteiger partial charge is 0.396 e. The van der Waals surface area contributed by atoms with Crippen LogP contribution >= 0.6 is 0 Å². The van der Waals surface area contributed by atoms with E-state index in [0.717, 1.165) is 25.4 Å². The minimum absolute atomic E-state index is 0.0486. The maximum absolute atomic E-state index is 11.9. The van der Waals surface area contributed by atoms with Gasteiger partial charge in [0.05, 0.1) is 0 Å². The van der Waals surface area contributed by atoms with Gasteiger partial charge < -0.3 is 15.7 Å². The average molecular weight is 295 g/mol. The Labute approximate surface area is 127 Å². The van der Waals surface area contributed by atoms with Crippen molar-refractivity contribution in [2.75, 3.05) is 26.2 Å². The molecule has 0 aromatic rings. The number of hydrogen-bond donors (Lipinski definition) is 3. The molecule has 2 amide bonds. The molecule has 0 bridgehead atoms. The van der Waals surface area contributed by atoms with E-state index in [1.54, 1.807) is 0 Å². The van der Waals surface area contributed by atoms with Crippen molar-refractivity contribution in [3.8, 4) is 0 Å². The second-order valence-corrected chi connectivity index (χ2v) is 6.62. The van der Waals surface area contributed by atoms with Gasteiger partial charge in [0.15, 0.2) is 0 Å². The zero-order valence-electron chi connectivity index (χ0n) is 13.2. The molecule has 120 valence electrons. The fourth-order valence-corrected chi connectivity index (χ4v) is 3.23. The zero-order valence-corrected chi connectivity index (χ0v) is 13.2. The SMILES string of the molecule is CC1CCCN(C(C)CNC(=O)N[C@@H]2C=C[C@H](CO)C2)C1. The standard InChI is InChI=1S/C16H29N3O2/c1-12-4-3-7-19(10-12)13(2)9-17-16(21)18-15-6-5-14(8-15)11-20/h5-6,12-15,20H,3-4,7-11H2,1-2H3,(H2,17,18,21)/t12?,13?,14-,15+/m0/s1. The van der Waals surface area contributed by atoms with Gasteiger partial charge in [-0.05, 0) is 38.6 Å². The minimum Gasteiger partial charge on any atom is -0.396 e. The molecule has 0 saturated carbocycles. The maximum atomic E-state index is 11.9. The highest BCUT2D eigenvalue weighted by Gasteiger charge is 2.22. The first kappa shape index (κ1) is 16.3. The lowest BCUT2D eigenvalue weighted by Crippen LogP contribution is -2.49. The van der Waals surface area contributed by atoms with Crippen molar-refractivity contribution < 1.29 is 9.90 Å². The number of aliphatic hydroxyl groups excluding tert-OH is 1. The molecule has 1 aliphatic heterocycles. The summed E-state index contributed by atoms with van der Waals surface area (Å²) in [6, 6.07) is 0.315. The quantitative estimate of drug-likeness (QED) is 0.671. The maximum Gasteiger partial charge on any atom is 0.315 e. The van der Waals surface area contributed by atoms with E-state index in [9.17, 15) is 4.79 Å². The summed E-state index contributed by atoms with van der Waals surface area (Å²) in [7, 11) is 0. The summed E-state index contributed by atoms with van der Waals surface area (Å²) in [5, 5.41) is 15.0. The second-order valence-electron chi connectivity index (χ2n) is 6.62. The molecular formula is C16H29N3O2. The first-order chi connectivity index (χ1) is 10.1. The number of nitrogens with zero attached hydrogens (tertiary/aromatic N) is 1. The number of likely N-dealkylation sites (tertiary alicyclic amines) is 1. The summed E-state index contributed by atoms with van der Waals surface area (Å²) in [6.45, 7) is 7.57. The van der Waals surface area contributed by atoms with Crippen LogP contribution in [0.4, 0.5) is 4.79 Å². The fourth-order valence-electron chi connectivity index (χ4n) is 3.23. The third-order valence-corrected chi connectivity index (χ3v) is 4.59. The van der Waals surface area contributed by atoms with Crippen LogP contribution in [-0.2, 0) is 0 Å². The Bertz CT molecular complexity index is 373. The van der Waals surface area contributed by atoms with E-state index in [1.807, 2.05) is 12.2 Å². The Morgan fingerprint density at radius 1 is 1.48 bits per heavy atom. The lowest BCUT2D eigenvalue weighted by molar-refractivity contribution is 0.137. The van der Waals surface area contributed by atoms with Crippen molar-refractivity contribution in [1.82, 2.24) is 15.5 Å². The molecule has 1 aliphatic carbocycles. The molecule has 2 aliphatic rings. The summed E-state index contributed by atoms with van der Waals surface area (Å²) >= 11 is 0. The Morgan fingerprint density at radius 3 is 2.95 bits per heavy atom. The van der Waals surface area contributed by atoms with E-state index in [2.05, 4.69) is 29.4 Å². The van der Waals surface area contributed by atoms with Crippen molar-refractivity contribution in [2.45, 2.75) is 45.2 Å². The topological polar surface area (TPSA) is 64.6 Å².